The van der Waals surface area contributed by atoms with Crippen LogP contribution in [-0.2, 0) is 9.53 Å². The standard InChI is InChI=1S/C23H27FN2O5/c1-29-11-10-25-22(27)20-14-26(23(28)15-4-6-16(24)7-5-15)13-19(20)18-9-8-17(30-2)12-21(18)31-3/h4-9,12,19-20H,10-11,13-14H2,1-3H3,(H,25,27)/t19-,20-/m0/s1. The predicted molar refractivity (Wildman–Crippen MR) is 113 cm³/mol. The van der Waals surface area contributed by atoms with Crippen LogP contribution in [0.2, 0.25) is 0 Å². The van der Waals surface area contributed by atoms with Crippen LogP contribution in [0, 0.1) is 11.7 Å². The molecule has 0 aromatic heterocycles. The lowest BCUT2D eigenvalue weighted by atomic mass is 9.87. The van der Waals surface area contributed by atoms with Crippen LogP contribution in [0.3, 0.4) is 0 Å². The molecule has 1 fully saturated rings. The van der Waals surface area contributed by atoms with Gasteiger partial charge in [-0.3, -0.25) is 9.59 Å². The first kappa shape index (κ1) is 22.6. The number of carbonyl (C=O) groups is 2. The smallest absolute Gasteiger partial charge is 0.253 e. The Morgan fingerprint density at radius 1 is 1.06 bits per heavy atom. The Labute approximate surface area is 181 Å². The highest BCUT2D eigenvalue weighted by molar-refractivity contribution is 5.95. The molecule has 8 heteroatoms. The second-order valence-electron chi connectivity index (χ2n) is 7.32. The van der Waals surface area contributed by atoms with Gasteiger partial charge >= 0.3 is 0 Å². The van der Waals surface area contributed by atoms with Crippen LogP contribution in [0.4, 0.5) is 4.39 Å². The summed E-state index contributed by atoms with van der Waals surface area (Å²) in [5.41, 5.74) is 1.20. The number of nitrogens with one attached hydrogen (secondary N) is 1. The fourth-order valence-electron chi connectivity index (χ4n) is 3.86. The topological polar surface area (TPSA) is 77.1 Å². The first-order chi connectivity index (χ1) is 15.0. The largest absolute Gasteiger partial charge is 0.497 e. The lowest BCUT2D eigenvalue weighted by Gasteiger charge is -2.21. The highest BCUT2D eigenvalue weighted by Crippen LogP contribution is 2.39. The van der Waals surface area contributed by atoms with Crippen molar-refractivity contribution >= 4 is 11.8 Å². The number of carbonyl (C=O) groups excluding carboxylic acids is 2. The van der Waals surface area contributed by atoms with Gasteiger partial charge in [0.1, 0.15) is 17.3 Å². The molecule has 1 aliphatic rings. The van der Waals surface area contributed by atoms with Gasteiger partial charge < -0.3 is 24.4 Å². The van der Waals surface area contributed by atoms with Crippen molar-refractivity contribution in [2.75, 3.05) is 47.6 Å². The quantitative estimate of drug-likeness (QED) is 0.651. The molecule has 3 rings (SSSR count). The van der Waals surface area contributed by atoms with Gasteiger partial charge in [-0.15, -0.1) is 0 Å². The monoisotopic (exact) mass is 430 g/mol. The highest BCUT2D eigenvalue weighted by Gasteiger charge is 2.41. The first-order valence-corrected chi connectivity index (χ1v) is 10.0. The van der Waals surface area contributed by atoms with E-state index in [1.165, 1.54) is 24.3 Å². The SMILES string of the molecule is COCCNC(=O)[C@H]1CN(C(=O)c2ccc(F)cc2)C[C@H]1c1ccc(OC)cc1OC. The number of benzene rings is 2. The fourth-order valence-corrected chi connectivity index (χ4v) is 3.86. The summed E-state index contributed by atoms with van der Waals surface area (Å²) in [6.45, 7) is 1.35. The lowest BCUT2D eigenvalue weighted by molar-refractivity contribution is -0.125. The van der Waals surface area contributed by atoms with Crippen molar-refractivity contribution < 1.29 is 28.2 Å². The third kappa shape index (κ3) is 5.14. The van der Waals surface area contributed by atoms with Crippen molar-refractivity contribution in [1.82, 2.24) is 10.2 Å². The van der Waals surface area contributed by atoms with Crippen molar-refractivity contribution in [3.63, 3.8) is 0 Å². The molecular formula is C23H27FN2O5. The summed E-state index contributed by atoms with van der Waals surface area (Å²) in [6.07, 6.45) is 0. The molecule has 0 unspecified atom stereocenters. The number of hydrogen-bond donors (Lipinski definition) is 1. The van der Waals surface area contributed by atoms with E-state index < -0.39 is 11.7 Å². The Balaban J connectivity index is 1.89. The van der Waals surface area contributed by atoms with Crippen LogP contribution >= 0.6 is 0 Å². The molecule has 0 spiro atoms. The molecule has 1 aliphatic heterocycles. The Morgan fingerprint density at radius 3 is 2.45 bits per heavy atom. The Kier molecular flexibility index (Phi) is 7.46. The third-order valence-corrected chi connectivity index (χ3v) is 5.48. The summed E-state index contributed by atoms with van der Waals surface area (Å²) in [4.78, 5) is 27.6. The van der Waals surface area contributed by atoms with Crippen molar-refractivity contribution in [2.24, 2.45) is 5.92 Å². The summed E-state index contributed by atoms with van der Waals surface area (Å²) in [7, 11) is 4.69. The zero-order valence-corrected chi connectivity index (χ0v) is 17.9. The molecule has 0 saturated carbocycles. The summed E-state index contributed by atoms with van der Waals surface area (Å²) in [5, 5.41) is 2.88. The van der Waals surface area contributed by atoms with Gasteiger partial charge in [-0.05, 0) is 30.3 Å². The number of halogens is 1. The second kappa shape index (κ2) is 10.3. The first-order valence-electron chi connectivity index (χ1n) is 10.0. The van der Waals surface area contributed by atoms with Gasteiger partial charge in [-0.2, -0.15) is 0 Å². The highest BCUT2D eigenvalue weighted by atomic mass is 19.1. The Morgan fingerprint density at radius 2 is 1.81 bits per heavy atom. The van der Waals surface area contributed by atoms with Gasteiger partial charge in [0, 0.05) is 49.9 Å². The van der Waals surface area contributed by atoms with E-state index in [0.29, 0.717) is 36.8 Å². The number of methoxy groups -OCH3 is 3. The number of amides is 2. The van der Waals surface area contributed by atoms with Crippen molar-refractivity contribution in [2.45, 2.75) is 5.92 Å². The van der Waals surface area contributed by atoms with E-state index in [1.54, 1.807) is 32.3 Å². The summed E-state index contributed by atoms with van der Waals surface area (Å²) < 4.78 is 29.1. The Bertz CT molecular complexity index is 919. The van der Waals surface area contributed by atoms with Gasteiger partial charge in [0.15, 0.2) is 0 Å². The average Bonchev–Trinajstić information content (AvgIpc) is 3.24. The molecule has 1 N–H and O–H groups in total. The molecule has 0 bridgehead atoms. The van der Waals surface area contributed by atoms with Gasteiger partial charge in [0.2, 0.25) is 5.91 Å². The van der Waals surface area contributed by atoms with E-state index in [2.05, 4.69) is 5.32 Å². The molecule has 2 aromatic carbocycles. The van der Waals surface area contributed by atoms with Crippen LogP contribution in [0.15, 0.2) is 42.5 Å². The van der Waals surface area contributed by atoms with E-state index in [0.717, 1.165) is 5.56 Å². The molecule has 0 aliphatic carbocycles. The van der Waals surface area contributed by atoms with Crippen LogP contribution < -0.4 is 14.8 Å². The minimum atomic E-state index is -0.469. The van der Waals surface area contributed by atoms with E-state index in [1.807, 2.05) is 12.1 Å². The normalized spacial score (nSPS) is 18.0. The Hall–Kier alpha value is -3.13. The zero-order valence-electron chi connectivity index (χ0n) is 17.9. The maximum atomic E-state index is 13.3. The van der Waals surface area contributed by atoms with Gasteiger partial charge in [-0.1, -0.05) is 6.07 Å². The number of rotatable bonds is 8. The average molecular weight is 430 g/mol. The zero-order chi connectivity index (χ0) is 22.4. The van der Waals surface area contributed by atoms with Crippen LogP contribution in [-0.4, -0.2) is 64.3 Å². The minimum Gasteiger partial charge on any atom is -0.497 e. The second-order valence-corrected chi connectivity index (χ2v) is 7.32. The molecule has 1 saturated heterocycles. The number of nitrogens with zero attached hydrogens (tertiary/aromatic N) is 1. The van der Waals surface area contributed by atoms with E-state index in [9.17, 15) is 14.0 Å². The fraction of sp³-hybridized carbons (Fsp3) is 0.391. The van der Waals surface area contributed by atoms with Crippen LogP contribution in [0.1, 0.15) is 21.8 Å². The van der Waals surface area contributed by atoms with Gasteiger partial charge in [-0.25, -0.2) is 4.39 Å². The molecule has 0 radical (unpaired) electrons. The summed E-state index contributed by atoms with van der Waals surface area (Å²) >= 11 is 0. The number of hydrogen-bond acceptors (Lipinski definition) is 5. The predicted octanol–water partition coefficient (Wildman–Crippen LogP) is 2.46. The molecule has 31 heavy (non-hydrogen) atoms. The summed E-state index contributed by atoms with van der Waals surface area (Å²) in [6, 6.07) is 10.8. The third-order valence-electron chi connectivity index (χ3n) is 5.48. The molecular weight excluding hydrogens is 403 g/mol. The minimum absolute atomic E-state index is 0.158. The molecule has 1 heterocycles. The number of ether oxygens (including phenoxy) is 3. The molecule has 7 nitrogen and oxygen atoms in total. The summed E-state index contributed by atoms with van der Waals surface area (Å²) in [5.74, 6) is -0.321. The van der Waals surface area contributed by atoms with Crippen molar-refractivity contribution in [3.05, 3.63) is 59.4 Å². The number of likely N-dealkylation sites (tertiary alicyclic amines) is 1. The van der Waals surface area contributed by atoms with E-state index in [-0.39, 0.29) is 24.3 Å². The molecule has 2 atom stereocenters. The lowest BCUT2D eigenvalue weighted by Crippen LogP contribution is -2.37. The maximum absolute atomic E-state index is 13.3. The van der Waals surface area contributed by atoms with Crippen molar-refractivity contribution in [3.8, 4) is 11.5 Å². The van der Waals surface area contributed by atoms with Crippen LogP contribution in [0.5, 0.6) is 11.5 Å². The molecule has 166 valence electrons. The molecule has 2 amide bonds. The van der Waals surface area contributed by atoms with Crippen LogP contribution in [0.25, 0.3) is 0 Å². The molecule has 2 aromatic rings. The van der Waals surface area contributed by atoms with E-state index in [4.69, 9.17) is 14.2 Å². The van der Waals surface area contributed by atoms with Gasteiger partial charge in [0.05, 0.1) is 26.7 Å². The van der Waals surface area contributed by atoms with E-state index >= 15 is 0 Å². The van der Waals surface area contributed by atoms with Crippen molar-refractivity contribution in [1.29, 1.82) is 0 Å². The maximum Gasteiger partial charge on any atom is 0.253 e. The van der Waals surface area contributed by atoms with Gasteiger partial charge in [0.25, 0.3) is 5.91 Å².